The van der Waals surface area contributed by atoms with E-state index in [4.69, 9.17) is 15.2 Å². The van der Waals surface area contributed by atoms with Crippen molar-refractivity contribution in [2.45, 2.75) is 40.2 Å². The molecule has 3 N–H and O–H groups in total. The largest absolute Gasteiger partial charge is 0.493 e. The second-order valence-electron chi connectivity index (χ2n) is 8.10. The lowest BCUT2D eigenvalue weighted by atomic mass is 9.95. The highest BCUT2D eigenvalue weighted by molar-refractivity contribution is 6.05. The molecule has 1 aromatic carbocycles. The van der Waals surface area contributed by atoms with Gasteiger partial charge in [-0.25, -0.2) is 0 Å². The van der Waals surface area contributed by atoms with Crippen molar-refractivity contribution in [2.75, 3.05) is 32.6 Å². The van der Waals surface area contributed by atoms with Crippen LogP contribution in [0.3, 0.4) is 0 Å². The molecule has 1 aliphatic heterocycles. The Morgan fingerprint density at radius 1 is 1.21 bits per heavy atom. The summed E-state index contributed by atoms with van der Waals surface area (Å²) in [5.41, 5.74) is 6.00. The van der Waals surface area contributed by atoms with Gasteiger partial charge in [-0.3, -0.25) is 9.59 Å². The Labute approximate surface area is 173 Å². The van der Waals surface area contributed by atoms with Gasteiger partial charge in [-0.1, -0.05) is 20.8 Å². The lowest BCUT2D eigenvalue weighted by molar-refractivity contribution is -0.123. The molecule has 0 saturated carbocycles. The fourth-order valence-electron chi connectivity index (χ4n) is 3.22. The molecule has 0 aliphatic carbocycles. The number of methoxy groups -OCH3 is 2. The standard InChI is InChI=1S/C20H31N3O4.ClH/c1-12-7-13(10-21)11-23(12)18(24)14-8-16(26-5)17(27-6)9-15(14)22-19(25)20(2,3)4;/h8-9,12-13H,7,10-11,21H2,1-6H3,(H,22,25);1H. The van der Waals surface area contributed by atoms with E-state index >= 15 is 0 Å². The number of halogens is 1. The zero-order chi connectivity index (χ0) is 20.4. The first-order valence-electron chi connectivity index (χ1n) is 9.20. The third-order valence-corrected chi connectivity index (χ3v) is 4.94. The first-order chi connectivity index (χ1) is 12.6. The predicted molar refractivity (Wildman–Crippen MR) is 113 cm³/mol. The minimum atomic E-state index is -0.598. The zero-order valence-electron chi connectivity index (χ0n) is 17.5. The highest BCUT2D eigenvalue weighted by Crippen LogP contribution is 2.36. The zero-order valence-corrected chi connectivity index (χ0v) is 18.3. The molecule has 0 spiro atoms. The summed E-state index contributed by atoms with van der Waals surface area (Å²) in [7, 11) is 3.03. The van der Waals surface area contributed by atoms with Crippen LogP contribution in [-0.2, 0) is 4.79 Å². The van der Waals surface area contributed by atoms with Gasteiger partial charge in [0.1, 0.15) is 0 Å². The average molecular weight is 414 g/mol. The van der Waals surface area contributed by atoms with Crippen LogP contribution in [0.5, 0.6) is 11.5 Å². The molecule has 158 valence electrons. The molecule has 1 fully saturated rings. The van der Waals surface area contributed by atoms with Gasteiger partial charge in [0, 0.05) is 24.1 Å². The van der Waals surface area contributed by atoms with Crippen LogP contribution in [0.25, 0.3) is 0 Å². The Balaban J connectivity index is 0.00000392. The van der Waals surface area contributed by atoms with Crippen molar-refractivity contribution >= 4 is 29.9 Å². The van der Waals surface area contributed by atoms with E-state index in [0.717, 1.165) is 6.42 Å². The molecule has 2 atom stereocenters. The SMILES string of the molecule is COc1cc(NC(=O)C(C)(C)C)c(C(=O)N2CC(CN)CC2C)cc1OC.Cl. The van der Waals surface area contributed by atoms with Gasteiger partial charge in [0.15, 0.2) is 11.5 Å². The van der Waals surface area contributed by atoms with Gasteiger partial charge < -0.3 is 25.4 Å². The molecule has 0 bridgehead atoms. The highest BCUT2D eigenvalue weighted by Gasteiger charge is 2.34. The van der Waals surface area contributed by atoms with E-state index in [2.05, 4.69) is 5.32 Å². The van der Waals surface area contributed by atoms with Crippen molar-refractivity contribution in [1.82, 2.24) is 4.90 Å². The summed E-state index contributed by atoms with van der Waals surface area (Å²) in [4.78, 5) is 27.6. The van der Waals surface area contributed by atoms with E-state index in [1.807, 2.05) is 32.6 Å². The van der Waals surface area contributed by atoms with Gasteiger partial charge >= 0.3 is 0 Å². The maximum absolute atomic E-state index is 13.3. The maximum Gasteiger partial charge on any atom is 0.256 e. The molecule has 1 heterocycles. The Bertz CT molecular complexity index is 718. The molecule has 0 radical (unpaired) electrons. The fourth-order valence-corrected chi connectivity index (χ4v) is 3.22. The molecule has 1 aromatic rings. The highest BCUT2D eigenvalue weighted by atomic mass is 35.5. The van der Waals surface area contributed by atoms with Crippen molar-refractivity contribution in [1.29, 1.82) is 0 Å². The molecule has 0 aromatic heterocycles. The third kappa shape index (κ3) is 5.08. The second-order valence-corrected chi connectivity index (χ2v) is 8.10. The monoisotopic (exact) mass is 413 g/mol. The van der Waals surface area contributed by atoms with Crippen LogP contribution in [0.2, 0.25) is 0 Å². The van der Waals surface area contributed by atoms with Gasteiger partial charge in [0.25, 0.3) is 5.91 Å². The van der Waals surface area contributed by atoms with E-state index in [9.17, 15) is 9.59 Å². The summed E-state index contributed by atoms with van der Waals surface area (Å²) >= 11 is 0. The Kier molecular flexibility index (Phi) is 8.14. The minimum Gasteiger partial charge on any atom is -0.493 e. The van der Waals surface area contributed by atoms with Crippen LogP contribution in [0.15, 0.2) is 12.1 Å². The second kappa shape index (κ2) is 9.47. The van der Waals surface area contributed by atoms with Gasteiger partial charge in [-0.2, -0.15) is 0 Å². The van der Waals surface area contributed by atoms with E-state index < -0.39 is 5.41 Å². The maximum atomic E-state index is 13.3. The van der Waals surface area contributed by atoms with Gasteiger partial charge in [0.05, 0.1) is 25.5 Å². The van der Waals surface area contributed by atoms with E-state index in [1.165, 1.54) is 14.2 Å². The number of benzene rings is 1. The summed E-state index contributed by atoms with van der Waals surface area (Å²) in [6.45, 7) is 8.63. The number of likely N-dealkylation sites (tertiary alicyclic amines) is 1. The Morgan fingerprint density at radius 2 is 1.79 bits per heavy atom. The van der Waals surface area contributed by atoms with Gasteiger partial charge in [-0.05, 0) is 31.9 Å². The van der Waals surface area contributed by atoms with Gasteiger partial charge in [0.2, 0.25) is 5.91 Å². The summed E-state index contributed by atoms with van der Waals surface area (Å²) in [6, 6.07) is 3.35. The molecule has 2 rings (SSSR count). The lowest BCUT2D eigenvalue weighted by Crippen LogP contribution is -2.35. The minimum absolute atomic E-state index is 0. The number of rotatable bonds is 5. The number of carbonyl (C=O) groups is 2. The number of amides is 2. The van der Waals surface area contributed by atoms with E-state index in [1.54, 1.807) is 12.1 Å². The number of ether oxygens (including phenoxy) is 2. The smallest absolute Gasteiger partial charge is 0.256 e. The van der Waals surface area contributed by atoms with Crippen LogP contribution < -0.4 is 20.5 Å². The number of hydrogen-bond acceptors (Lipinski definition) is 5. The van der Waals surface area contributed by atoms with Crippen LogP contribution >= 0.6 is 12.4 Å². The van der Waals surface area contributed by atoms with E-state index in [-0.39, 0.29) is 36.2 Å². The third-order valence-electron chi connectivity index (χ3n) is 4.94. The molecule has 7 nitrogen and oxygen atoms in total. The van der Waals surface area contributed by atoms with Crippen molar-refractivity contribution < 1.29 is 19.1 Å². The van der Waals surface area contributed by atoms with Crippen LogP contribution in [0, 0.1) is 11.3 Å². The van der Waals surface area contributed by atoms with Crippen LogP contribution in [0.1, 0.15) is 44.5 Å². The molecule has 8 heteroatoms. The topological polar surface area (TPSA) is 93.9 Å². The van der Waals surface area contributed by atoms with Crippen molar-refractivity contribution in [3.63, 3.8) is 0 Å². The fraction of sp³-hybridized carbons (Fsp3) is 0.600. The number of nitrogens with zero attached hydrogens (tertiary/aromatic N) is 1. The molecule has 2 amide bonds. The summed E-state index contributed by atoms with van der Waals surface area (Å²) in [6.07, 6.45) is 0.874. The van der Waals surface area contributed by atoms with Crippen molar-refractivity contribution in [3.8, 4) is 11.5 Å². The number of carbonyl (C=O) groups excluding carboxylic acids is 2. The Hall–Kier alpha value is -1.99. The first kappa shape index (κ1) is 24.0. The molecule has 28 heavy (non-hydrogen) atoms. The average Bonchev–Trinajstić information content (AvgIpc) is 3.00. The number of nitrogens with one attached hydrogen (secondary N) is 1. The van der Waals surface area contributed by atoms with Gasteiger partial charge in [-0.15, -0.1) is 12.4 Å². The molecular weight excluding hydrogens is 382 g/mol. The number of anilines is 1. The van der Waals surface area contributed by atoms with Crippen molar-refractivity contribution in [3.05, 3.63) is 17.7 Å². The first-order valence-corrected chi connectivity index (χ1v) is 9.20. The van der Waals surface area contributed by atoms with Crippen molar-refractivity contribution in [2.24, 2.45) is 17.1 Å². The molecule has 1 aliphatic rings. The normalized spacial score (nSPS) is 19.0. The number of hydrogen-bond donors (Lipinski definition) is 2. The van der Waals surface area contributed by atoms with Crippen LogP contribution in [0.4, 0.5) is 5.69 Å². The lowest BCUT2D eigenvalue weighted by Gasteiger charge is -2.25. The Morgan fingerprint density at radius 3 is 2.25 bits per heavy atom. The summed E-state index contributed by atoms with van der Waals surface area (Å²) < 4.78 is 10.7. The molecule has 1 saturated heterocycles. The van der Waals surface area contributed by atoms with Crippen LogP contribution in [-0.4, -0.2) is 50.1 Å². The molecule has 2 unspecified atom stereocenters. The number of nitrogens with two attached hydrogens (primary N) is 1. The molecular formula is C20H32ClN3O4. The summed E-state index contributed by atoms with van der Waals surface area (Å²) in [5.74, 6) is 0.850. The quantitative estimate of drug-likeness (QED) is 0.773. The summed E-state index contributed by atoms with van der Waals surface area (Å²) in [5, 5.41) is 2.87. The van der Waals surface area contributed by atoms with E-state index in [0.29, 0.717) is 35.8 Å². The predicted octanol–water partition coefficient (Wildman–Crippen LogP) is 2.92.